The van der Waals surface area contributed by atoms with E-state index >= 15 is 0 Å². The summed E-state index contributed by atoms with van der Waals surface area (Å²) in [7, 11) is 0. The van der Waals surface area contributed by atoms with Gasteiger partial charge in [-0.25, -0.2) is 4.68 Å². The van der Waals surface area contributed by atoms with Gasteiger partial charge in [0.05, 0.1) is 12.5 Å². The Morgan fingerprint density at radius 2 is 2.15 bits per heavy atom. The molecule has 112 valence electrons. The van der Waals surface area contributed by atoms with Gasteiger partial charge in [-0.3, -0.25) is 4.79 Å². The van der Waals surface area contributed by atoms with E-state index in [2.05, 4.69) is 27.8 Å². The summed E-state index contributed by atoms with van der Waals surface area (Å²) >= 11 is 0. The molecule has 0 aromatic carbocycles. The third kappa shape index (κ3) is 4.00. The van der Waals surface area contributed by atoms with Crippen LogP contribution in [0.25, 0.3) is 0 Å². The molecule has 0 spiro atoms. The van der Waals surface area contributed by atoms with Crippen LogP contribution in [-0.4, -0.2) is 37.8 Å². The highest BCUT2D eigenvalue weighted by molar-refractivity contribution is 5.69. The van der Waals surface area contributed by atoms with Crippen molar-refractivity contribution in [3.05, 3.63) is 5.82 Å². The van der Waals surface area contributed by atoms with Gasteiger partial charge < -0.3 is 10.4 Å². The fraction of sp³-hybridized carbons (Fsp3) is 0.846. The summed E-state index contributed by atoms with van der Waals surface area (Å²) in [6.07, 6.45) is 4.59. The first-order valence-corrected chi connectivity index (χ1v) is 7.39. The van der Waals surface area contributed by atoms with Gasteiger partial charge in [-0.1, -0.05) is 6.92 Å². The van der Waals surface area contributed by atoms with E-state index in [0.717, 1.165) is 51.0 Å². The molecule has 7 heteroatoms. The zero-order chi connectivity index (χ0) is 14.4. The van der Waals surface area contributed by atoms with Crippen LogP contribution >= 0.6 is 0 Å². The summed E-state index contributed by atoms with van der Waals surface area (Å²) in [5.41, 5.74) is 0. The molecule has 20 heavy (non-hydrogen) atoms. The van der Waals surface area contributed by atoms with E-state index in [0.29, 0.717) is 12.5 Å². The monoisotopic (exact) mass is 281 g/mol. The maximum absolute atomic E-state index is 10.9. The highest BCUT2D eigenvalue weighted by atomic mass is 16.4. The van der Waals surface area contributed by atoms with Crippen LogP contribution in [0.2, 0.25) is 0 Å². The first-order chi connectivity index (χ1) is 9.70. The molecule has 0 radical (unpaired) electrons. The summed E-state index contributed by atoms with van der Waals surface area (Å²) < 4.78 is 1.83. The van der Waals surface area contributed by atoms with Crippen molar-refractivity contribution >= 4 is 5.97 Å². The third-order valence-electron chi connectivity index (χ3n) is 3.95. The molecule has 2 rings (SSSR count). The van der Waals surface area contributed by atoms with Crippen LogP contribution in [-0.2, 0) is 17.9 Å². The molecule has 1 fully saturated rings. The minimum absolute atomic E-state index is 0.136. The first kappa shape index (κ1) is 14.9. The SMILES string of the molecule is CCCn1nnnc1CNCC1CCC(C(=O)O)CC1. The smallest absolute Gasteiger partial charge is 0.306 e. The van der Waals surface area contributed by atoms with Gasteiger partial charge >= 0.3 is 5.97 Å². The van der Waals surface area contributed by atoms with Crippen molar-refractivity contribution in [3.8, 4) is 0 Å². The molecule has 0 unspecified atom stereocenters. The van der Waals surface area contributed by atoms with Crippen molar-refractivity contribution in [2.75, 3.05) is 6.54 Å². The lowest BCUT2D eigenvalue weighted by Gasteiger charge is -2.26. The van der Waals surface area contributed by atoms with Crippen LogP contribution < -0.4 is 5.32 Å². The van der Waals surface area contributed by atoms with Crippen molar-refractivity contribution < 1.29 is 9.90 Å². The molecular formula is C13H23N5O2. The average molecular weight is 281 g/mol. The lowest BCUT2D eigenvalue weighted by atomic mass is 9.82. The molecule has 1 aliphatic rings. The Bertz CT molecular complexity index is 426. The Morgan fingerprint density at radius 3 is 2.80 bits per heavy atom. The zero-order valence-corrected chi connectivity index (χ0v) is 12.0. The number of rotatable bonds is 7. The number of hydrogen-bond donors (Lipinski definition) is 2. The highest BCUT2D eigenvalue weighted by Crippen LogP contribution is 2.28. The predicted molar refractivity (Wildman–Crippen MR) is 72.9 cm³/mol. The fourth-order valence-corrected chi connectivity index (χ4v) is 2.74. The Labute approximate surface area is 118 Å². The van der Waals surface area contributed by atoms with Crippen molar-refractivity contribution in [2.45, 2.75) is 52.1 Å². The molecule has 7 nitrogen and oxygen atoms in total. The number of carboxylic acids is 1. The van der Waals surface area contributed by atoms with Crippen LogP contribution in [0.1, 0.15) is 44.9 Å². The van der Waals surface area contributed by atoms with Crippen molar-refractivity contribution in [1.29, 1.82) is 0 Å². The molecule has 0 aliphatic heterocycles. The van der Waals surface area contributed by atoms with E-state index in [9.17, 15) is 4.79 Å². The molecule has 0 atom stereocenters. The summed E-state index contributed by atoms with van der Waals surface area (Å²) in [5.74, 6) is 0.658. The molecule has 2 N–H and O–H groups in total. The lowest BCUT2D eigenvalue weighted by molar-refractivity contribution is -0.143. The number of hydrogen-bond acceptors (Lipinski definition) is 5. The van der Waals surface area contributed by atoms with Crippen LogP contribution in [0.3, 0.4) is 0 Å². The zero-order valence-electron chi connectivity index (χ0n) is 12.0. The summed E-state index contributed by atoms with van der Waals surface area (Å²) in [6, 6.07) is 0. The minimum Gasteiger partial charge on any atom is -0.481 e. The quantitative estimate of drug-likeness (QED) is 0.776. The topological polar surface area (TPSA) is 92.9 Å². The van der Waals surface area contributed by atoms with Crippen molar-refractivity contribution in [1.82, 2.24) is 25.5 Å². The van der Waals surface area contributed by atoms with Crippen molar-refractivity contribution in [3.63, 3.8) is 0 Å². The Morgan fingerprint density at radius 1 is 1.40 bits per heavy atom. The molecule has 1 saturated carbocycles. The number of nitrogens with one attached hydrogen (secondary N) is 1. The van der Waals surface area contributed by atoms with Crippen molar-refractivity contribution in [2.24, 2.45) is 11.8 Å². The molecule has 0 saturated heterocycles. The van der Waals surface area contributed by atoms with Gasteiger partial charge in [0.2, 0.25) is 0 Å². The number of tetrazole rings is 1. The Kier molecular flexibility index (Phi) is 5.46. The van der Waals surface area contributed by atoms with E-state index in [1.54, 1.807) is 0 Å². The maximum Gasteiger partial charge on any atom is 0.306 e. The van der Waals surface area contributed by atoms with E-state index < -0.39 is 5.97 Å². The number of carbonyl (C=O) groups is 1. The second-order valence-electron chi connectivity index (χ2n) is 5.51. The van der Waals surface area contributed by atoms with Crippen LogP contribution in [0, 0.1) is 11.8 Å². The average Bonchev–Trinajstić information content (AvgIpc) is 2.87. The molecule has 1 aromatic heterocycles. The molecular weight excluding hydrogens is 258 g/mol. The number of nitrogens with zero attached hydrogens (tertiary/aromatic N) is 4. The highest BCUT2D eigenvalue weighted by Gasteiger charge is 2.25. The van der Waals surface area contributed by atoms with Gasteiger partial charge in [0.1, 0.15) is 0 Å². The first-order valence-electron chi connectivity index (χ1n) is 7.39. The van der Waals surface area contributed by atoms with E-state index in [1.807, 2.05) is 4.68 Å². The lowest BCUT2D eigenvalue weighted by Crippen LogP contribution is -2.29. The molecule has 0 amide bonds. The predicted octanol–water partition coefficient (Wildman–Crippen LogP) is 1.06. The summed E-state index contributed by atoms with van der Waals surface area (Å²) in [5, 5.41) is 24.0. The summed E-state index contributed by atoms with van der Waals surface area (Å²) in [4.78, 5) is 10.9. The molecule has 1 aromatic rings. The van der Waals surface area contributed by atoms with Gasteiger partial charge in [0.25, 0.3) is 0 Å². The van der Waals surface area contributed by atoms with E-state index in [1.165, 1.54) is 0 Å². The largest absolute Gasteiger partial charge is 0.481 e. The van der Waals surface area contributed by atoms with Gasteiger partial charge in [0.15, 0.2) is 5.82 Å². The van der Waals surface area contributed by atoms with Crippen LogP contribution in [0.4, 0.5) is 0 Å². The van der Waals surface area contributed by atoms with Gasteiger partial charge in [-0.2, -0.15) is 0 Å². The molecule has 1 aliphatic carbocycles. The second-order valence-corrected chi connectivity index (χ2v) is 5.51. The number of aryl methyl sites for hydroxylation is 1. The van der Waals surface area contributed by atoms with Crippen LogP contribution in [0.5, 0.6) is 0 Å². The molecule has 0 bridgehead atoms. The third-order valence-corrected chi connectivity index (χ3v) is 3.95. The second kappa shape index (κ2) is 7.33. The number of aliphatic carboxylic acids is 1. The number of aromatic nitrogens is 4. The fourth-order valence-electron chi connectivity index (χ4n) is 2.74. The van der Waals surface area contributed by atoms with E-state index in [-0.39, 0.29) is 5.92 Å². The van der Waals surface area contributed by atoms with E-state index in [4.69, 9.17) is 5.11 Å². The standard InChI is InChI=1S/C13H23N5O2/c1-2-7-18-12(15-16-17-18)9-14-8-10-3-5-11(6-4-10)13(19)20/h10-11,14H,2-9H2,1H3,(H,19,20). The Hall–Kier alpha value is -1.50. The molecule has 1 heterocycles. The minimum atomic E-state index is -0.643. The maximum atomic E-state index is 10.9. The summed E-state index contributed by atoms with van der Waals surface area (Å²) in [6.45, 7) is 4.52. The Balaban J connectivity index is 1.69. The van der Waals surface area contributed by atoms with Gasteiger partial charge in [-0.15, -0.1) is 5.10 Å². The van der Waals surface area contributed by atoms with Gasteiger partial charge in [0, 0.05) is 6.54 Å². The normalized spacial score (nSPS) is 22.9. The number of carboxylic acid groups (broad SMARTS) is 1. The van der Waals surface area contributed by atoms with Gasteiger partial charge in [-0.05, 0) is 55.0 Å². The van der Waals surface area contributed by atoms with Crippen LogP contribution in [0.15, 0.2) is 0 Å².